The molecular weight excluding hydrogens is 518 g/mol. The molecule has 10 nitrogen and oxygen atoms in total. The number of aryl methyl sites for hydroxylation is 2. The zero-order valence-electron chi connectivity index (χ0n) is 23.8. The first kappa shape index (κ1) is 26.2. The smallest absolute Gasteiger partial charge is 0.253 e. The van der Waals surface area contributed by atoms with Crippen LogP contribution in [0.2, 0.25) is 0 Å². The first-order valence-electron chi connectivity index (χ1n) is 14.8. The fourth-order valence-electron chi connectivity index (χ4n) is 6.85. The predicted molar refractivity (Wildman–Crippen MR) is 155 cm³/mol. The molecule has 214 valence electrons. The SMILES string of the molecule is Cc1cc(C)c2[nH]c(=O)c(C(c3nnnn3C3CCCCC3)N3CCN(Cc4ccc5c(c4)OCO5)CC3)cc2c1. The number of rotatable bonds is 6. The Balaban J connectivity index is 1.20. The van der Waals surface area contributed by atoms with Gasteiger partial charge in [-0.15, -0.1) is 5.10 Å². The standard InChI is InChI=1S/C31H37N7O3/c1-20-14-21(2)28-23(15-20)17-25(31(39)32-28)29(30-33-34-35-38(30)24-6-4-3-5-7-24)37-12-10-36(11-13-37)18-22-8-9-26-27(16-22)41-19-40-26/h8-9,14-17,24,29H,3-7,10-13,18-19H2,1-2H3,(H,32,39). The highest BCUT2D eigenvalue weighted by Crippen LogP contribution is 2.35. The van der Waals surface area contributed by atoms with Gasteiger partial charge in [0.15, 0.2) is 17.3 Å². The van der Waals surface area contributed by atoms with Gasteiger partial charge in [-0.1, -0.05) is 37.0 Å². The summed E-state index contributed by atoms with van der Waals surface area (Å²) in [7, 11) is 0. The van der Waals surface area contributed by atoms with Crippen LogP contribution in [0.4, 0.5) is 0 Å². The van der Waals surface area contributed by atoms with Crippen molar-refractivity contribution in [2.24, 2.45) is 0 Å². The highest BCUT2D eigenvalue weighted by atomic mass is 16.7. The second-order valence-electron chi connectivity index (χ2n) is 11.8. The van der Waals surface area contributed by atoms with Crippen molar-refractivity contribution < 1.29 is 9.47 Å². The van der Waals surface area contributed by atoms with Crippen LogP contribution in [0.25, 0.3) is 10.9 Å². The summed E-state index contributed by atoms with van der Waals surface area (Å²) in [4.78, 5) is 21.8. The van der Waals surface area contributed by atoms with E-state index in [9.17, 15) is 4.79 Å². The van der Waals surface area contributed by atoms with E-state index in [0.29, 0.717) is 5.56 Å². The molecule has 0 radical (unpaired) electrons. The second kappa shape index (κ2) is 10.9. The Hall–Kier alpha value is -3.76. The van der Waals surface area contributed by atoms with Gasteiger partial charge in [0.05, 0.1) is 11.6 Å². The number of benzene rings is 2. The van der Waals surface area contributed by atoms with E-state index in [1.165, 1.54) is 30.4 Å². The third kappa shape index (κ3) is 5.10. The molecule has 0 bridgehead atoms. The lowest BCUT2D eigenvalue weighted by molar-refractivity contribution is 0.0982. The molecule has 1 unspecified atom stereocenters. The van der Waals surface area contributed by atoms with Crippen molar-refractivity contribution in [2.45, 2.75) is 64.6 Å². The molecular formula is C31H37N7O3. The average Bonchev–Trinajstić information content (AvgIpc) is 3.65. The van der Waals surface area contributed by atoms with Crippen molar-refractivity contribution in [2.75, 3.05) is 33.0 Å². The van der Waals surface area contributed by atoms with Crippen LogP contribution in [-0.4, -0.2) is 68.0 Å². The van der Waals surface area contributed by atoms with E-state index < -0.39 is 0 Å². The first-order valence-corrected chi connectivity index (χ1v) is 14.8. The summed E-state index contributed by atoms with van der Waals surface area (Å²) in [5.41, 5.74) is 4.98. The third-order valence-corrected chi connectivity index (χ3v) is 8.92. The molecule has 0 spiro atoms. The molecule has 1 saturated heterocycles. The van der Waals surface area contributed by atoms with E-state index in [1.807, 2.05) is 17.7 Å². The van der Waals surface area contributed by atoms with Gasteiger partial charge in [0, 0.05) is 38.3 Å². The Bertz CT molecular complexity index is 1620. The Morgan fingerprint density at radius 3 is 2.61 bits per heavy atom. The molecule has 2 aromatic carbocycles. The molecule has 1 N–H and O–H groups in total. The number of hydrogen-bond acceptors (Lipinski definition) is 8. The van der Waals surface area contributed by atoms with Gasteiger partial charge in [0.25, 0.3) is 5.56 Å². The number of hydrogen-bond donors (Lipinski definition) is 1. The Labute approximate surface area is 239 Å². The van der Waals surface area contributed by atoms with E-state index >= 15 is 0 Å². The number of H-pyrrole nitrogens is 1. The number of fused-ring (bicyclic) bond motifs is 2. The van der Waals surface area contributed by atoms with Crippen molar-refractivity contribution in [3.05, 3.63) is 74.8 Å². The van der Waals surface area contributed by atoms with Gasteiger partial charge < -0.3 is 14.5 Å². The normalized spacial score (nSPS) is 19.2. The average molecular weight is 556 g/mol. The minimum absolute atomic E-state index is 0.0737. The van der Waals surface area contributed by atoms with Crippen LogP contribution < -0.4 is 15.0 Å². The van der Waals surface area contributed by atoms with Crippen molar-refractivity contribution in [3.8, 4) is 11.5 Å². The number of aromatic nitrogens is 5. The molecule has 4 aromatic rings. The van der Waals surface area contributed by atoms with Crippen LogP contribution in [-0.2, 0) is 6.54 Å². The fourth-order valence-corrected chi connectivity index (χ4v) is 6.85. The summed E-state index contributed by atoms with van der Waals surface area (Å²) in [5.74, 6) is 2.40. The van der Waals surface area contributed by atoms with Crippen LogP contribution in [0.5, 0.6) is 11.5 Å². The van der Waals surface area contributed by atoms with Gasteiger partial charge >= 0.3 is 0 Å². The zero-order chi connectivity index (χ0) is 27.9. The maximum atomic E-state index is 13.7. The zero-order valence-corrected chi connectivity index (χ0v) is 23.8. The van der Waals surface area contributed by atoms with Crippen LogP contribution in [0.3, 0.4) is 0 Å². The van der Waals surface area contributed by atoms with E-state index in [0.717, 1.165) is 79.4 Å². The summed E-state index contributed by atoms with van der Waals surface area (Å²) in [6, 6.07) is 12.4. The summed E-state index contributed by atoms with van der Waals surface area (Å²) in [6.07, 6.45) is 5.76. The Kier molecular flexibility index (Phi) is 6.96. The molecule has 2 fully saturated rings. The van der Waals surface area contributed by atoms with Crippen molar-refractivity contribution in [1.82, 2.24) is 35.0 Å². The topological polar surface area (TPSA) is 101 Å². The number of tetrazole rings is 1. The number of pyridine rings is 1. The quantitative estimate of drug-likeness (QED) is 0.376. The van der Waals surface area contributed by atoms with Gasteiger partial charge in [0.1, 0.15) is 6.04 Å². The molecule has 3 aliphatic rings. The summed E-state index contributed by atoms with van der Waals surface area (Å²) in [5, 5.41) is 14.3. The monoisotopic (exact) mass is 555 g/mol. The second-order valence-corrected chi connectivity index (χ2v) is 11.8. The highest BCUT2D eigenvalue weighted by molar-refractivity contribution is 5.83. The van der Waals surface area contributed by atoms with Crippen LogP contribution in [0, 0.1) is 13.8 Å². The lowest BCUT2D eigenvalue weighted by Gasteiger charge is -2.39. The first-order chi connectivity index (χ1) is 20.0. The van der Waals surface area contributed by atoms with Crippen LogP contribution >= 0.6 is 0 Å². The van der Waals surface area contributed by atoms with Crippen LogP contribution in [0.1, 0.15) is 72.3 Å². The van der Waals surface area contributed by atoms with E-state index in [-0.39, 0.29) is 24.4 Å². The fraction of sp³-hybridized carbons (Fsp3) is 0.484. The molecule has 1 atom stereocenters. The number of ether oxygens (including phenoxy) is 2. The van der Waals surface area contributed by atoms with Crippen molar-refractivity contribution in [1.29, 1.82) is 0 Å². The number of aromatic amines is 1. The third-order valence-electron chi connectivity index (χ3n) is 8.92. The maximum Gasteiger partial charge on any atom is 0.253 e. The molecule has 10 heteroatoms. The highest BCUT2D eigenvalue weighted by Gasteiger charge is 2.34. The molecule has 2 aliphatic heterocycles. The molecule has 41 heavy (non-hydrogen) atoms. The van der Waals surface area contributed by atoms with Crippen molar-refractivity contribution >= 4 is 10.9 Å². The van der Waals surface area contributed by atoms with Gasteiger partial charge in [-0.3, -0.25) is 14.6 Å². The minimum Gasteiger partial charge on any atom is -0.454 e. The molecule has 4 heterocycles. The molecule has 7 rings (SSSR count). The summed E-state index contributed by atoms with van der Waals surface area (Å²) in [6.45, 7) is 8.62. The lowest BCUT2D eigenvalue weighted by Crippen LogP contribution is -2.48. The maximum absolute atomic E-state index is 13.7. The van der Waals surface area contributed by atoms with Crippen LogP contribution in [0.15, 0.2) is 41.2 Å². The van der Waals surface area contributed by atoms with Crippen molar-refractivity contribution in [3.63, 3.8) is 0 Å². The number of nitrogens with one attached hydrogen (secondary N) is 1. The van der Waals surface area contributed by atoms with Gasteiger partial charge in [-0.2, -0.15) is 0 Å². The van der Waals surface area contributed by atoms with Gasteiger partial charge in [-0.25, -0.2) is 4.68 Å². The van der Waals surface area contributed by atoms with E-state index in [2.05, 4.69) is 67.6 Å². The molecule has 1 aliphatic carbocycles. The number of nitrogens with zero attached hydrogens (tertiary/aromatic N) is 6. The lowest BCUT2D eigenvalue weighted by atomic mass is 9.95. The minimum atomic E-state index is -0.325. The Morgan fingerprint density at radius 1 is 0.976 bits per heavy atom. The summed E-state index contributed by atoms with van der Waals surface area (Å²) >= 11 is 0. The Morgan fingerprint density at radius 2 is 1.78 bits per heavy atom. The molecule has 1 saturated carbocycles. The van der Waals surface area contributed by atoms with Gasteiger partial charge in [0.2, 0.25) is 6.79 Å². The van der Waals surface area contributed by atoms with E-state index in [1.54, 1.807) is 0 Å². The van der Waals surface area contributed by atoms with E-state index in [4.69, 9.17) is 9.47 Å². The molecule has 2 aromatic heterocycles. The molecule has 0 amide bonds. The van der Waals surface area contributed by atoms with Gasteiger partial charge in [-0.05, 0) is 77.9 Å². The largest absolute Gasteiger partial charge is 0.454 e. The number of piperazine rings is 1. The summed E-state index contributed by atoms with van der Waals surface area (Å²) < 4.78 is 13.1. The predicted octanol–water partition coefficient (Wildman–Crippen LogP) is 4.27.